The average Bonchev–Trinajstić information content (AvgIpc) is 3.29. The van der Waals surface area contributed by atoms with Crippen molar-refractivity contribution in [3.63, 3.8) is 0 Å². The number of ether oxygens (including phenoxy) is 2. The van der Waals surface area contributed by atoms with Crippen LogP contribution >= 0.6 is 15.9 Å². The van der Waals surface area contributed by atoms with Crippen LogP contribution in [0.3, 0.4) is 0 Å². The summed E-state index contributed by atoms with van der Waals surface area (Å²) in [6.07, 6.45) is 4.97. The molecular weight excluding hydrogens is 490 g/mol. The van der Waals surface area contributed by atoms with Crippen molar-refractivity contribution in [3.8, 4) is 5.75 Å². The second-order valence-electron chi connectivity index (χ2n) is 8.39. The monoisotopic (exact) mass is 513 g/mol. The smallest absolute Gasteiger partial charge is 0.409 e. The van der Waals surface area contributed by atoms with Crippen LogP contribution in [-0.4, -0.2) is 57.4 Å². The highest BCUT2D eigenvalue weighted by Crippen LogP contribution is 2.44. The van der Waals surface area contributed by atoms with Crippen LogP contribution in [0, 0.1) is 0 Å². The Morgan fingerprint density at radius 3 is 2.94 bits per heavy atom. The van der Waals surface area contributed by atoms with Crippen molar-refractivity contribution >= 4 is 38.8 Å². The van der Waals surface area contributed by atoms with Gasteiger partial charge in [0.25, 0.3) is 5.91 Å². The van der Waals surface area contributed by atoms with E-state index in [2.05, 4.69) is 36.4 Å². The van der Waals surface area contributed by atoms with Crippen LogP contribution < -0.4 is 10.1 Å². The van der Waals surface area contributed by atoms with Crippen LogP contribution in [0.15, 0.2) is 41.3 Å². The Morgan fingerprint density at radius 2 is 2.15 bits per heavy atom. The van der Waals surface area contributed by atoms with Gasteiger partial charge in [-0.25, -0.2) is 9.78 Å². The number of hydrogen-bond acceptors (Lipinski definition) is 6. The third-order valence-corrected chi connectivity index (χ3v) is 6.80. The number of amides is 2. The van der Waals surface area contributed by atoms with Crippen LogP contribution in [0.25, 0.3) is 10.9 Å². The molecular formula is C23H24BrN5O4. The van der Waals surface area contributed by atoms with E-state index in [0.29, 0.717) is 60.4 Å². The maximum absolute atomic E-state index is 13.3. The summed E-state index contributed by atoms with van der Waals surface area (Å²) in [6.45, 7) is 3.22. The zero-order valence-electron chi connectivity index (χ0n) is 18.1. The minimum atomic E-state index is -0.497. The highest BCUT2D eigenvalue weighted by atomic mass is 79.9. The molecule has 2 aromatic heterocycles. The maximum atomic E-state index is 13.3. The number of nitrogens with one attached hydrogen (secondary N) is 2. The molecule has 1 spiro atoms. The highest BCUT2D eigenvalue weighted by molar-refractivity contribution is 9.10. The minimum Gasteiger partial charge on any atom is -0.485 e. The van der Waals surface area contributed by atoms with Crippen molar-refractivity contribution in [3.05, 3.63) is 52.4 Å². The van der Waals surface area contributed by atoms with Crippen molar-refractivity contribution < 1.29 is 19.1 Å². The molecule has 5 rings (SSSR count). The molecule has 9 nitrogen and oxygen atoms in total. The number of likely N-dealkylation sites (tertiary alicyclic amines) is 1. The van der Waals surface area contributed by atoms with Gasteiger partial charge in [0.2, 0.25) is 0 Å². The number of benzene rings is 1. The summed E-state index contributed by atoms with van der Waals surface area (Å²) in [5.41, 5.74) is 1.62. The molecule has 1 fully saturated rings. The first-order valence-corrected chi connectivity index (χ1v) is 11.8. The quantitative estimate of drug-likeness (QED) is 0.512. The fourth-order valence-electron chi connectivity index (χ4n) is 4.69. The minimum absolute atomic E-state index is 0.185. The molecule has 0 saturated carbocycles. The molecule has 2 aliphatic rings. The first-order chi connectivity index (χ1) is 16.0. The lowest BCUT2D eigenvalue weighted by atomic mass is 9.81. The van der Waals surface area contributed by atoms with E-state index in [4.69, 9.17) is 9.47 Å². The lowest BCUT2D eigenvalue weighted by Gasteiger charge is -2.46. The Morgan fingerprint density at radius 1 is 1.33 bits per heavy atom. The largest absolute Gasteiger partial charge is 0.485 e. The lowest BCUT2D eigenvalue weighted by molar-refractivity contribution is -0.0236. The summed E-state index contributed by atoms with van der Waals surface area (Å²) >= 11 is 3.43. The number of pyridine rings is 1. The lowest BCUT2D eigenvalue weighted by Crippen LogP contribution is -2.53. The molecule has 3 aromatic rings. The first-order valence-electron chi connectivity index (χ1n) is 11.0. The van der Waals surface area contributed by atoms with Gasteiger partial charge in [-0.2, -0.15) is 5.10 Å². The molecule has 0 bridgehead atoms. The molecule has 0 unspecified atom stereocenters. The van der Waals surface area contributed by atoms with Gasteiger partial charge in [0.15, 0.2) is 0 Å². The molecule has 1 aromatic carbocycles. The summed E-state index contributed by atoms with van der Waals surface area (Å²) < 4.78 is 12.3. The summed E-state index contributed by atoms with van der Waals surface area (Å²) in [5.74, 6) is 0.467. The third kappa shape index (κ3) is 4.15. The summed E-state index contributed by atoms with van der Waals surface area (Å²) in [4.78, 5) is 31.5. The Hall–Kier alpha value is -3.14. The fourth-order valence-corrected chi connectivity index (χ4v) is 5.04. The van der Waals surface area contributed by atoms with Gasteiger partial charge in [0, 0.05) is 43.3 Å². The normalized spacial score (nSPS) is 19.1. The second kappa shape index (κ2) is 8.66. The number of carbonyl (C=O) groups excluding carboxylic acids is 2. The van der Waals surface area contributed by atoms with E-state index in [-0.39, 0.29) is 18.0 Å². The Balaban J connectivity index is 1.41. The number of aromatic nitrogens is 3. The van der Waals surface area contributed by atoms with Gasteiger partial charge in [0.1, 0.15) is 16.0 Å². The number of para-hydroxylation sites is 1. The highest BCUT2D eigenvalue weighted by Gasteiger charge is 2.45. The molecule has 4 heterocycles. The molecule has 2 N–H and O–H groups in total. The van der Waals surface area contributed by atoms with Crippen molar-refractivity contribution in [1.29, 1.82) is 0 Å². The van der Waals surface area contributed by atoms with E-state index in [9.17, 15) is 9.59 Å². The van der Waals surface area contributed by atoms with Crippen molar-refractivity contribution in [2.75, 3.05) is 19.7 Å². The number of carbonyl (C=O) groups is 2. The molecule has 2 aliphatic heterocycles. The summed E-state index contributed by atoms with van der Waals surface area (Å²) in [7, 11) is 0. The Bertz CT molecular complexity index is 1200. The van der Waals surface area contributed by atoms with Gasteiger partial charge in [-0.15, -0.1) is 0 Å². The van der Waals surface area contributed by atoms with E-state index >= 15 is 0 Å². The number of nitrogens with zero attached hydrogens (tertiary/aromatic N) is 3. The summed E-state index contributed by atoms with van der Waals surface area (Å²) in [5, 5.41) is 11.1. The molecule has 33 heavy (non-hydrogen) atoms. The first kappa shape index (κ1) is 21.7. The van der Waals surface area contributed by atoms with Gasteiger partial charge >= 0.3 is 6.09 Å². The van der Waals surface area contributed by atoms with Crippen LogP contribution in [0.2, 0.25) is 0 Å². The average molecular weight is 514 g/mol. The number of halogens is 1. The summed E-state index contributed by atoms with van der Waals surface area (Å²) in [6, 6.07) is 7.16. The molecule has 0 aliphatic carbocycles. The molecule has 172 valence electrons. The van der Waals surface area contributed by atoms with E-state index < -0.39 is 5.60 Å². The number of hydrogen-bond donors (Lipinski definition) is 2. The molecule has 1 saturated heterocycles. The van der Waals surface area contributed by atoms with Gasteiger partial charge in [-0.1, -0.05) is 12.1 Å². The van der Waals surface area contributed by atoms with E-state index in [1.54, 1.807) is 30.3 Å². The number of piperidine rings is 1. The number of aromatic amines is 1. The van der Waals surface area contributed by atoms with Crippen LogP contribution in [0.4, 0.5) is 4.79 Å². The SMILES string of the molecule is CCOC(=O)N1CCC2(CC1)C[C@H](NC(=O)c1cccc3cn[nH]c13)c1cc(Br)ncc1O2. The number of fused-ring (bicyclic) bond motifs is 2. The van der Waals surface area contributed by atoms with Gasteiger partial charge < -0.3 is 19.7 Å². The molecule has 1 atom stereocenters. The third-order valence-electron chi connectivity index (χ3n) is 6.37. The van der Waals surface area contributed by atoms with E-state index in [1.807, 2.05) is 18.2 Å². The molecule has 2 amide bonds. The van der Waals surface area contributed by atoms with Crippen molar-refractivity contribution in [2.24, 2.45) is 0 Å². The maximum Gasteiger partial charge on any atom is 0.409 e. The van der Waals surface area contributed by atoms with Gasteiger partial charge in [-0.3, -0.25) is 9.89 Å². The van der Waals surface area contributed by atoms with Crippen LogP contribution in [0.5, 0.6) is 5.75 Å². The van der Waals surface area contributed by atoms with E-state index in [1.165, 1.54) is 0 Å². The fraction of sp³-hybridized carbons (Fsp3) is 0.391. The van der Waals surface area contributed by atoms with Crippen molar-refractivity contribution in [2.45, 2.75) is 37.8 Å². The molecule has 10 heteroatoms. The molecule has 0 radical (unpaired) electrons. The predicted molar refractivity (Wildman–Crippen MR) is 124 cm³/mol. The topological polar surface area (TPSA) is 109 Å². The zero-order chi connectivity index (χ0) is 23.0. The zero-order valence-corrected chi connectivity index (χ0v) is 19.7. The standard InChI is InChI=1S/C23H24BrN5O4/c1-2-32-22(31)29-8-6-23(7-9-29)11-17(16-10-19(24)25-13-18(16)33-23)27-21(30)15-5-3-4-14-12-26-28-20(14)15/h3-5,10,12-13,17H,2,6-9,11H2,1H3,(H,26,28)(H,27,30)/t17-/m0/s1. The van der Waals surface area contributed by atoms with E-state index in [0.717, 1.165) is 10.9 Å². The second-order valence-corrected chi connectivity index (χ2v) is 9.20. The van der Waals surface area contributed by atoms with Crippen LogP contribution in [0.1, 0.15) is 48.1 Å². The van der Waals surface area contributed by atoms with Crippen LogP contribution in [-0.2, 0) is 4.74 Å². The van der Waals surface area contributed by atoms with Crippen molar-refractivity contribution in [1.82, 2.24) is 25.4 Å². The number of H-pyrrole nitrogens is 1. The Labute approximate surface area is 199 Å². The Kier molecular flexibility index (Phi) is 5.69. The predicted octanol–water partition coefficient (Wildman–Crippen LogP) is 3.97. The van der Waals surface area contributed by atoms with Gasteiger partial charge in [-0.05, 0) is 35.0 Å². The van der Waals surface area contributed by atoms with Gasteiger partial charge in [0.05, 0.1) is 36.1 Å². The number of rotatable bonds is 3.